The van der Waals surface area contributed by atoms with Crippen LogP contribution in [0.15, 0.2) is 47.6 Å². The van der Waals surface area contributed by atoms with Gasteiger partial charge in [0.2, 0.25) is 0 Å². The summed E-state index contributed by atoms with van der Waals surface area (Å²) in [6.07, 6.45) is 0.953. The Bertz CT molecular complexity index is 734. The minimum atomic E-state index is -0.235. The van der Waals surface area contributed by atoms with Crippen molar-refractivity contribution in [2.24, 2.45) is 5.10 Å². The number of hydrazone groups is 1. The molecule has 0 aliphatic heterocycles. The topological polar surface area (TPSA) is 50.7 Å². The Balaban J connectivity index is 2.05. The Kier molecular flexibility index (Phi) is 6.13. The summed E-state index contributed by atoms with van der Waals surface area (Å²) in [5, 5.41) is 4.23. The SMILES string of the molecule is CCCOc1ccc(C(=O)N/N=C(\C)c2cc(C)ccc2C)cc1. The smallest absolute Gasteiger partial charge is 0.271 e. The van der Waals surface area contributed by atoms with Crippen molar-refractivity contribution in [3.05, 3.63) is 64.7 Å². The maximum atomic E-state index is 12.2. The predicted molar refractivity (Wildman–Crippen MR) is 97.8 cm³/mol. The van der Waals surface area contributed by atoms with Gasteiger partial charge in [0.1, 0.15) is 5.75 Å². The third-order valence-corrected chi connectivity index (χ3v) is 3.70. The summed E-state index contributed by atoms with van der Waals surface area (Å²) in [6.45, 7) is 8.69. The Labute approximate surface area is 143 Å². The predicted octanol–water partition coefficient (Wildman–Crippen LogP) is 4.25. The van der Waals surface area contributed by atoms with Crippen molar-refractivity contribution in [3.63, 3.8) is 0 Å². The number of ether oxygens (including phenoxy) is 1. The normalized spacial score (nSPS) is 11.2. The van der Waals surface area contributed by atoms with Gasteiger partial charge in [-0.05, 0) is 63.1 Å². The molecule has 0 radical (unpaired) electrons. The molecule has 0 aliphatic rings. The van der Waals surface area contributed by atoms with Crippen molar-refractivity contribution in [1.82, 2.24) is 5.43 Å². The standard InChI is InChI=1S/C20H24N2O2/c1-5-12-24-18-10-8-17(9-11-18)20(23)22-21-16(4)19-13-14(2)6-7-15(19)3/h6-11,13H,5,12H2,1-4H3,(H,22,23)/b21-16+. The van der Waals surface area contributed by atoms with E-state index in [0.29, 0.717) is 12.2 Å². The number of rotatable bonds is 6. The molecule has 126 valence electrons. The molecular weight excluding hydrogens is 300 g/mol. The number of hydrogen-bond donors (Lipinski definition) is 1. The van der Waals surface area contributed by atoms with Gasteiger partial charge in [0.05, 0.1) is 12.3 Å². The van der Waals surface area contributed by atoms with Gasteiger partial charge in [-0.25, -0.2) is 5.43 Å². The number of carbonyl (C=O) groups excluding carboxylic acids is 1. The lowest BCUT2D eigenvalue weighted by molar-refractivity contribution is 0.0955. The van der Waals surface area contributed by atoms with Crippen molar-refractivity contribution >= 4 is 11.6 Å². The molecule has 2 aromatic rings. The average Bonchev–Trinajstić information content (AvgIpc) is 2.60. The average molecular weight is 324 g/mol. The fraction of sp³-hybridized carbons (Fsp3) is 0.300. The highest BCUT2D eigenvalue weighted by Gasteiger charge is 2.07. The van der Waals surface area contributed by atoms with Gasteiger partial charge < -0.3 is 4.74 Å². The summed E-state index contributed by atoms with van der Waals surface area (Å²) in [5.41, 5.74) is 7.29. The van der Waals surface area contributed by atoms with E-state index >= 15 is 0 Å². The molecule has 0 spiro atoms. The second kappa shape index (κ2) is 8.29. The van der Waals surface area contributed by atoms with Crippen LogP contribution in [0.2, 0.25) is 0 Å². The first-order valence-electron chi connectivity index (χ1n) is 8.16. The molecule has 0 aliphatic carbocycles. The molecule has 0 bridgehead atoms. The van der Waals surface area contributed by atoms with Crippen LogP contribution in [0.25, 0.3) is 0 Å². The van der Waals surface area contributed by atoms with E-state index in [1.54, 1.807) is 24.3 Å². The van der Waals surface area contributed by atoms with E-state index in [0.717, 1.165) is 29.0 Å². The minimum Gasteiger partial charge on any atom is -0.494 e. The molecule has 1 N–H and O–H groups in total. The Morgan fingerprint density at radius 1 is 1.12 bits per heavy atom. The number of amides is 1. The molecule has 0 fully saturated rings. The van der Waals surface area contributed by atoms with Crippen LogP contribution in [0.4, 0.5) is 0 Å². The van der Waals surface area contributed by atoms with E-state index in [1.165, 1.54) is 5.56 Å². The van der Waals surface area contributed by atoms with Gasteiger partial charge in [0.15, 0.2) is 0 Å². The third kappa shape index (κ3) is 4.69. The number of carbonyl (C=O) groups is 1. The van der Waals surface area contributed by atoms with Gasteiger partial charge in [0.25, 0.3) is 5.91 Å². The van der Waals surface area contributed by atoms with E-state index in [2.05, 4.69) is 35.7 Å². The second-order valence-electron chi connectivity index (χ2n) is 5.83. The van der Waals surface area contributed by atoms with Gasteiger partial charge in [-0.15, -0.1) is 0 Å². The van der Waals surface area contributed by atoms with Crippen LogP contribution in [-0.2, 0) is 0 Å². The third-order valence-electron chi connectivity index (χ3n) is 3.70. The van der Waals surface area contributed by atoms with Gasteiger partial charge in [-0.1, -0.05) is 24.6 Å². The number of nitrogens with zero attached hydrogens (tertiary/aromatic N) is 1. The first-order valence-corrected chi connectivity index (χ1v) is 8.16. The highest BCUT2D eigenvalue weighted by Crippen LogP contribution is 2.13. The van der Waals surface area contributed by atoms with Crippen LogP contribution < -0.4 is 10.2 Å². The summed E-state index contributed by atoms with van der Waals surface area (Å²) in [5.74, 6) is 0.533. The molecule has 4 heteroatoms. The van der Waals surface area contributed by atoms with Crippen LogP contribution in [-0.4, -0.2) is 18.2 Å². The summed E-state index contributed by atoms with van der Waals surface area (Å²) in [7, 11) is 0. The molecule has 0 atom stereocenters. The quantitative estimate of drug-likeness (QED) is 0.638. The van der Waals surface area contributed by atoms with Crippen molar-refractivity contribution in [2.75, 3.05) is 6.61 Å². The molecule has 24 heavy (non-hydrogen) atoms. The molecule has 0 saturated heterocycles. The van der Waals surface area contributed by atoms with Crippen molar-refractivity contribution < 1.29 is 9.53 Å². The Hall–Kier alpha value is -2.62. The summed E-state index contributed by atoms with van der Waals surface area (Å²) in [4.78, 5) is 12.2. The monoisotopic (exact) mass is 324 g/mol. The lowest BCUT2D eigenvalue weighted by Crippen LogP contribution is -2.19. The highest BCUT2D eigenvalue weighted by molar-refractivity contribution is 6.01. The van der Waals surface area contributed by atoms with Gasteiger partial charge in [-0.2, -0.15) is 5.10 Å². The van der Waals surface area contributed by atoms with Crippen LogP contribution >= 0.6 is 0 Å². The maximum Gasteiger partial charge on any atom is 0.271 e. The molecule has 0 saturated carbocycles. The van der Waals surface area contributed by atoms with Crippen LogP contribution in [0.1, 0.15) is 47.3 Å². The van der Waals surface area contributed by atoms with E-state index in [1.807, 2.05) is 20.8 Å². The van der Waals surface area contributed by atoms with Crippen LogP contribution in [0, 0.1) is 13.8 Å². The highest BCUT2D eigenvalue weighted by atomic mass is 16.5. The second-order valence-corrected chi connectivity index (χ2v) is 5.83. The summed E-state index contributed by atoms with van der Waals surface area (Å²) in [6, 6.07) is 13.3. The van der Waals surface area contributed by atoms with Crippen molar-refractivity contribution in [1.29, 1.82) is 0 Å². The Morgan fingerprint density at radius 3 is 2.50 bits per heavy atom. The largest absolute Gasteiger partial charge is 0.494 e. The van der Waals surface area contributed by atoms with Crippen LogP contribution in [0.5, 0.6) is 5.75 Å². The number of benzene rings is 2. The van der Waals surface area contributed by atoms with Gasteiger partial charge >= 0.3 is 0 Å². The molecule has 0 heterocycles. The summed E-state index contributed by atoms with van der Waals surface area (Å²) >= 11 is 0. The first kappa shape index (κ1) is 17.7. The molecule has 0 aromatic heterocycles. The number of nitrogens with one attached hydrogen (secondary N) is 1. The molecule has 2 aromatic carbocycles. The Morgan fingerprint density at radius 2 is 1.83 bits per heavy atom. The molecule has 0 unspecified atom stereocenters. The molecule has 4 nitrogen and oxygen atoms in total. The van der Waals surface area contributed by atoms with Gasteiger partial charge in [-0.3, -0.25) is 4.79 Å². The molecule has 1 amide bonds. The lowest BCUT2D eigenvalue weighted by atomic mass is 10.0. The maximum absolute atomic E-state index is 12.2. The van der Waals surface area contributed by atoms with E-state index in [4.69, 9.17) is 4.74 Å². The van der Waals surface area contributed by atoms with Crippen LogP contribution in [0.3, 0.4) is 0 Å². The first-order chi connectivity index (χ1) is 11.5. The summed E-state index contributed by atoms with van der Waals surface area (Å²) < 4.78 is 5.51. The number of aryl methyl sites for hydroxylation is 2. The number of hydrogen-bond acceptors (Lipinski definition) is 3. The van der Waals surface area contributed by atoms with E-state index in [9.17, 15) is 4.79 Å². The molecule has 2 rings (SSSR count). The van der Waals surface area contributed by atoms with E-state index in [-0.39, 0.29) is 5.91 Å². The fourth-order valence-corrected chi connectivity index (χ4v) is 2.31. The van der Waals surface area contributed by atoms with Crippen molar-refractivity contribution in [2.45, 2.75) is 34.1 Å². The lowest BCUT2D eigenvalue weighted by Gasteiger charge is -2.08. The zero-order valence-electron chi connectivity index (χ0n) is 14.7. The molecular formula is C20H24N2O2. The zero-order valence-corrected chi connectivity index (χ0v) is 14.7. The van der Waals surface area contributed by atoms with Gasteiger partial charge in [0, 0.05) is 11.1 Å². The van der Waals surface area contributed by atoms with Crippen molar-refractivity contribution in [3.8, 4) is 5.75 Å². The van der Waals surface area contributed by atoms with E-state index < -0.39 is 0 Å². The minimum absolute atomic E-state index is 0.235. The zero-order chi connectivity index (χ0) is 17.5. The fourth-order valence-electron chi connectivity index (χ4n) is 2.31.